The molecule has 3 heterocycles. The SMILES string of the molecule is CC1(C)C(=O)C=C[C@]2(C)[C@H]3C(=CC[C@@H]12)C[C@@](C)(O)/C=C1/C(=O)OC[C@]12OC(=O)[C@H]3[C@@]21CO1. The van der Waals surface area contributed by atoms with Crippen molar-refractivity contribution >= 4 is 17.7 Å². The Morgan fingerprint density at radius 3 is 2.47 bits per heavy atom. The zero-order valence-electron chi connectivity index (χ0n) is 18.8. The molecule has 3 aliphatic heterocycles. The van der Waals surface area contributed by atoms with Gasteiger partial charge >= 0.3 is 11.9 Å². The van der Waals surface area contributed by atoms with Crippen LogP contribution in [0.4, 0.5) is 0 Å². The molecular weight excluding hydrogens is 412 g/mol. The summed E-state index contributed by atoms with van der Waals surface area (Å²) in [4.78, 5) is 39.0. The summed E-state index contributed by atoms with van der Waals surface area (Å²) in [5, 5.41) is 11.3. The number of ether oxygens (including phenoxy) is 3. The summed E-state index contributed by atoms with van der Waals surface area (Å²) < 4.78 is 17.4. The molecule has 0 aromatic heterocycles. The van der Waals surface area contributed by atoms with Crippen molar-refractivity contribution in [3.8, 4) is 0 Å². The maximum atomic E-state index is 13.6. The lowest BCUT2D eigenvalue weighted by molar-refractivity contribution is -0.152. The molecule has 6 rings (SSSR count). The Labute approximate surface area is 186 Å². The molecule has 0 unspecified atom stereocenters. The van der Waals surface area contributed by atoms with Crippen LogP contribution in [0.15, 0.2) is 35.5 Å². The molecule has 7 heteroatoms. The van der Waals surface area contributed by atoms with Gasteiger partial charge in [-0.25, -0.2) is 4.79 Å². The molecule has 2 bridgehead atoms. The first kappa shape index (κ1) is 20.4. The van der Waals surface area contributed by atoms with Crippen LogP contribution < -0.4 is 0 Å². The number of esters is 2. The topological polar surface area (TPSA) is 102 Å². The standard InChI is InChI=1S/C25H28O7/c1-21(2)15-6-5-13-9-22(3,29)10-14-19(27)30-11-24(14)25(12-31-25)18(20(28)32-24)17(13)23(15,4)8-7-16(21)26/h5,7-8,10,15,17-18,29H,6,9,11-12H2,1-4H3/b14-10-/t15-,17-,18-,22+,23-,24-,25-/m0/s1. The predicted octanol–water partition coefficient (Wildman–Crippen LogP) is 2.04. The Hall–Kier alpha value is -2.25. The molecule has 2 spiro atoms. The highest BCUT2D eigenvalue weighted by molar-refractivity contribution is 5.98. The molecule has 7 atom stereocenters. The molecule has 0 saturated carbocycles. The Morgan fingerprint density at radius 1 is 1.06 bits per heavy atom. The third-order valence-corrected chi connectivity index (χ3v) is 9.12. The van der Waals surface area contributed by atoms with Crippen molar-refractivity contribution in [2.24, 2.45) is 28.6 Å². The van der Waals surface area contributed by atoms with Crippen LogP contribution in [0.2, 0.25) is 0 Å². The summed E-state index contributed by atoms with van der Waals surface area (Å²) in [6.45, 7) is 7.86. The van der Waals surface area contributed by atoms with E-state index in [1.54, 1.807) is 13.0 Å². The van der Waals surface area contributed by atoms with Gasteiger partial charge in [-0.1, -0.05) is 38.5 Å². The monoisotopic (exact) mass is 440 g/mol. The fourth-order valence-corrected chi connectivity index (χ4v) is 7.49. The average Bonchev–Trinajstić information content (AvgIpc) is 3.38. The van der Waals surface area contributed by atoms with Gasteiger partial charge in [0.25, 0.3) is 0 Å². The quantitative estimate of drug-likeness (QED) is 0.349. The highest BCUT2D eigenvalue weighted by Gasteiger charge is 2.82. The van der Waals surface area contributed by atoms with Crippen molar-refractivity contribution in [1.82, 2.24) is 0 Å². The van der Waals surface area contributed by atoms with Crippen molar-refractivity contribution in [2.75, 3.05) is 13.2 Å². The maximum Gasteiger partial charge on any atom is 0.338 e. The number of aliphatic hydroxyl groups is 1. The number of epoxide rings is 1. The molecule has 0 amide bonds. The van der Waals surface area contributed by atoms with E-state index in [1.165, 1.54) is 6.08 Å². The third-order valence-electron chi connectivity index (χ3n) is 9.12. The van der Waals surface area contributed by atoms with Gasteiger partial charge < -0.3 is 19.3 Å². The highest BCUT2D eigenvalue weighted by atomic mass is 16.7. The molecule has 32 heavy (non-hydrogen) atoms. The highest BCUT2D eigenvalue weighted by Crippen LogP contribution is 2.67. The van der Waals surface area contributed by atoms with E-state index in [2.05, 4.69) is 13.0 Å². The Bertz CT molecular complexity index is 1070. The zero-order chi connectivity index (χ0) is 22.9. The van der Waals surface area contributed by atoms with E-state index in [1.807, 2.05) is 19.9 Å². The molecule has 6 aliphatic rings. The second-order valence-corrected chi connectivity index (χ2v) is 11.4. The van der Waals surface area contributed by atoms with Crippen molar-refractivity contribution in [3.05, 3.63) is 35.5 Å². The normalized spacial score (nSPS) is 51.8. The minimum Gasteiger partial charge on any atom is -0.457 e. The summed E-state index contributed by atoms with van der Waals surface area (Å²) in [6.07, 6.45) is 8.13. The first-order chi connectivity index (χ1) is 14.9. The predicted molar refractivity (Wildman–Crippen MR) is 111 cm³/mol. The van der Waals surface area contributed by atoms with Crippen LogP contribution in [0.5, 0.6) is 0 Å². The first-order valence-electron chi connectivity index (χ1n) is 11.3. The Morgan fingerprint density at radius 2 is 1.78 bits per heavy atom. The van der Waals surface area contributed by atoms with Crippen LogP contribution in [-0.4, -0.2) is 52.8 Å². The molecule has 3 saturated heterocycles. The van der Waals surface area contributed by atoms with Gasteiger partial charge in [0.15, 0.2) is 11.4 Å². The van der Waals surface area contributed by atoms with Crippen LogP contribution in [0.1, 0.15) is 40.5 Å². The van der Waals surface area contributed by atoms with E-state index < -0.39 is 45.5 Å². The summed E-state index contributed by atoms with van der Waals surface area (Å²) in [5.74, 6) is -1.94. The van der Waals surface area contributed by atoms with Gasteiger partial charge in [-0.15, -0.1) is 0 Å². The van der Waals surface area contributed by atoms with Gasteiger partial charge in [0.05, 0.1) is 23.7 Å². The number of cyclic esters (lactones) is 1. The maximum absolute atomic E-state index is 13.6. The van der Waals surface area contributed by atoms with Gasteiger partial charge in [-0.2, -0.15) is 0 Å². The first-order valence-corrected chi connectivity index (χ1v) is 11.3. The van der Waals surface area contributed by atoms with Crippen molar-refractivity contribution in [2.45, 2.75) is 57.3 Å². The molecule has 1 N–H and O–H groups in total. The molecule has 0 radical (unpaired) electrons. The molecular formula is C25H28O7. The van der Waals surface area contributed by atoms with Crippen LogP contribution in [-0.2, 0) is 28.6 Å². The van der Waals surface area contributed by atoms with E-state index in [4.69, 9.17) is 14.2 Å². The van der Waals surface area contributed by atoms with Crippen molar-refractivity contribution in [3.63, 3.8) is 0 Å². The van der Waals surface area contributed by atoms with E-state index >= 15 is 0 Å². The number of allylic oxidation sites excluding steroid dienone is 3. The fraction of sp³-hybridized carbons (Fsp3) is 0.640. The fourth-order valence-electron chi connectivity index (χ4n) is 7.49. The van der Waals surface area contributed by atoms with Crippen LogP contribution in [0.3, 0.4) is 0 Å². The van der Waals surface area contributed by atoms with Gasteiger partial charge in [0.1, 0.15) is 6.61 Å². The minimum atomic E-state index is -1.35. The Kier molecular flexibility index (Phi) is 3.58. The lowest BCUT2D eigenvalue weighted by Gasteiger charge is -2.55. The molecule has 170 valence electrons. The van der Waals surface area contributed by atoms with E-state index in [-0.39, 0.29) is 42.8 Å². The smallest absolute Gasteiger partial charge is 0.338 e. The van der Waals surface area contributed by atoms with Crippen LogP contribution >= 0.6 is 0 Å². The second-order valence-electron chi connectivity index (χ2n) is 11.4. The Balaban J connectivity index is 1.61. The lowest BCUT2D eigenvalue weighted by Crippen LogP contribution is -2.56. The summed E-state index contributed by atoms with van der Waals surface area (Å²) in [5.41, 5.74) is -3.71. The number of rotatable bonds is 0. The zero-order valence-corrected chi connectivity index (χ0v) is 18.8. The van der Waals surface area contributed by atoms with E-state index in [0.717, 1.165) is 5.57 Å². The number of hydrogen-bond donors (Lipinski definition) is 1. The second kappa shape index (κ2) is 5.62. The number of hydrogen-bond acceptors (Lipinski definition) is 7. The molecule has 3 fully saturated rings. The summed E-state index contributed by atoms with van der Waals surface area (Å²) in [7, 11) is 0. The average molecular weight is 440 g/mol. The number of carbonyl (C=O) groups excluding carboxylic acids is 3. The molecule has 3 aliphatic carbocycles. The van der Waals surface area contributed by atoms with Gasteiger partial charge in [-0.05, 0) is 36.8 Å². The molecule has 0 aromatic rings. The van der Waals surface area contributed by atoms with Crippen LogP contribution in [0.25, 0.3) is 0 Å². The molecule has 7 nitrogen and oxygen atoms in total. The largest absolute Gasteiger partial charge is 0.457 e. The minimum absolute atomic E-state index is 0.0269. The van der Waals surface area contributed by atoms with Crippen LogP contribution in [0, 0.1) is 28.6 Å². The van der Waals surface area contributed by atoms with Gasteiger partial charge in [0, 0.05) is 17.8 Å². The number of carbonyl (C=O) groups is 3. The summed E-state index contributed by atoms with van der Waals surface area (Å²) >= 11 is 0. The van der Waals surface area contributed by atoms with Crippen molar-refractivity contribution in [1.29, 1.82) is 0 Å². The number of ketones is 1. The lowest BCUT2D eigenvalue weighted by atomic mass is 9.47. The number of fused-ring (bicyclic) bond motifs is 4. The third kappa shape index (κ3) is 2.17. The molecule has 0 aromatic carbocycles. The summed E-state index contributed by atoms with van der Waals surface area (Å²) in [6, 6.07) is 0. The van der Waals surface area contributed by atoms with Gasteiger partial charge in [-0.3, -0.25) is 9.59 Å². The van der Waals surface area contributed by atoms with Gasteiger partial charge in [0.2, 0.25) is 5.60 Å². The van der Waals surface area contributed by atoms with Crippen molar-refractivity contribution < 1.29 is 33.7 Å². The van der Waals surface area contributed by atoms with E-state index in [9.17, 15) is 19.5 Å². The van der Waals surface area contributed by atoms with E-state index in [0.29, 0.717) is 6.42 Å².